The lowest BCUT2D eigenvalue weighted by molar-refractivity contribution is -0.193. The topological polar surface area (TPSA) is 52.6 Å². The third-order valence-electron chi connectivity index (χ3n) is 3.10. The van der Waals surface area contributed by atoms with Gasteiger partial charge in [0.2, 0.25) is 0 Å². The standard InChI is InChI=1S/C12H12F4N2O2/c1-18-5-7-4-6(2-3-8(7)17-11(18)20)9(19)12(15,16)10(13)14/h2-4,9-10,19H,5H2,1H3,(H,17,20). The summed E-state index contributed by atoms with van der Waals surface area (Å²) in [7, 11) is 1.50. The average Bonchev–Trinajstić information content (AvgIpc) is 2.38. The summed E-state index contributed by atoms with van der Waals surface area (Å²) < 4.78 is 50.7. The van der Waals surface area contributed by atoms with E-state index < -0.39 is 18.5 Å². The summed E-state index contributed by atoms with van der Waals surface area (Å²) in [4.78, 5) is 12.7. The number of aliphatic hydroxyl groups is 1. The second-order valence-electron chi connectivity index (χ2n) is 4.58. The van der Waals surface area contributed by atoms with Crippen LogP contribution in [0.25, 0.3) is 0 Å². The number of nitrogens with one attached hydrogen (secondary N) is 1. The SMILES string of the molecule is CN1Cc2cc(C(O)C(F)(F)C(F)F)ccc2NC1=O. The summed E-state index contributed by atoms with van der Waals surface area (Å²) in [5.74, 6) is -4.53. The summed E-state index contributed by atoms with van der Waals surface area (Å²) in [6, 6.07) is 3.22. The molecule has 1 atom stereocenters. The summed E-state index contributed by atoms with van der Waals surface area (Å²) in [6.45, 7) is 0.141. The van der Waals surface area contributed by atoms with Crippen molar-refractivity contribution in [3.63, 3.8) is 0 Å². The molecule has 0 aliphatic carbocycles. The van der Waals surface area contributed by atoms with Crippen LogP contribution >= 0.6 is 0 Å². The van der Waals surface area contributed by atoms with E-state index in [1.54, 1.807) is 0 Å². The highest BCUT2D eigenvalue weighted by atomic mass is 19.3. The predicted octanol–water partition coefficient (Wildman–Crippen LogP) is 2.60. The molecule has 1 heterocycles. The van der Waals surface area contributed by atoms with Crippen molar-refractivity contribution < 1.29 is 27.5 Å². The first-order chi connectivity index (χ1) is 9.23. The molecular weight excluding hydrogens is 280 g/mol. The minimum atomic E-state index is -4.53. The van der Waals surface area contributed by atoms with Crippen LogP contribution in [0.1, 0.15) is 17.2 Å². The molecule has 1 aliphatic rings. The number of nitrogens with zero attached hydrogens (tertiary/aromatic N) is 1. The predicted molar refractivity (Wildman–Crippen MR) is 62.8 cm³/mol. The molecule has 0 fully saturated rings. The number of amides is 2. The monoisotopic (exact) mass is 292 g/mol. The average molecular weight is 292 g/mol. The number of urea groups is 1. The quantitative estimate of drug-likeness (QED) is 0.841. The Balaban J connectivity index is 2.32. The number of carbonyl (C=O) groups is 1. The van der Waals surface area contributed by atoms with Crippen LogP contribution in [-0.4, -0.2) is 35.4 Å². The number of benzene rings is 1. The Morgan fingerprint density at radius 3 is 2.65 bits per heavy atom. The Morgan fingerprint density at radius 2 is 2.05 bits per heavy atom. The number of aliphatic hydroxyl groups excluding tert-OH is 1. The van der Waals surface area contributed by atoms with Crippen molar-refractivity contribution in [3.05, 3.63) is 29.3 Å². The van der Waals surface area contributed by atoms with Crippen LogP contribution in [0, 0.1) is 0 Å². The number of anilines is 1. The molecule has 8 heteroatoms. The highest BCUT2D eigenvalue weighted by Gasteiger charge is 2.48. The van der Waals surface area contributed by atoms with Gasteiger partial charge in [0.1, 0.15) is 6.10 Å². The van der Waals surface area contributed by atoms with Gasteiger partial charge in [-0.15, -0.1) is 0 Å². The van der Waals surface area contributed by atoms with E-state index in [2.05, 4.69) is 5.32 Å². The fraction of sp³-hybridized carbons (Fsp3) is 0.417. The molecule has 0 radical (unpaired) electrons. The third-order valence-corrected chi connectivity index (χ3v) is 3.10. The van der Waals surface area contributed by atoms with Crippen LogP contribution in [0.4, 0.5) is 28.0 Å². The molecule has 1 unspecified atom stereocenters. The molecule has 110 valence electrons. The minimum Gasteiger partial charge on any atom is -0.382 e. The van der Waals surface area contributed by atoms with Crippen molar-refractivity contribution >= 4 is 11.7 Å². The molecule has 1 aromatic carbocycles. The van der Waals surface area contributed by atoms with Crippen molar-refractivity contribution in [1.29, 1.82) is 0 Å². The molecule has 1 aliphatic heterocycles. The maximum Gasteiger partial charge on any atom is 0.336 e. The lowest BCUT2D eigenvalue weighted by Gasteiger charge is -2.28. The Labute approximate surface area is 112 Å². The van der Waals surface area contributed by atoms with Gasteiger partial charge in [0.05, 0.1) is 0 Å². The van der Waals surface area contributed by atoms with E-state index in [1.165, 1.54) is 24.1 Å². The van der Waals surface area contributed by atoms with Gasteiger partial charge >= 0.3 is 18.4 Å². The van der Waals surface area contributed by atoms with Crippen molar-refractivity contribution in [2.24, 2.45) is 0 Å². The third kappa shape index (κ3) is 2.43. The minimum absolute atomic E-state index is 0.141. The molecule has 20 heavy (non-hydrogen) atoms. The molecule has 0 saturated heterocycles. The number of rotatable bonds is 3. The van der Waals surface area contributed by atoms with Crippen molar-refractivity contribution in [2.45, 2.75) is 25.0 Å². The smallest absolute Gasteiger partial charge is 0.336 e. The molecule has 2 amide bonds. The van der Waals surface area contributed by atoms with Crippen molar-refractivity contribution in [1.82, 2.24) is 4.90 Å². The normalized spacial score (nSPS) is 16.9. The number of carbonyl (C=O) groups excluding carboxylic acids is 1. The van der Waals surface area contributed by atoms with E-state index in [-0.39, 0.29) is 18.1 Å². The van der Waals surface area contributed by atoms with Gasteiger partial charge in [-0.1, -0.05) is 6.07 Å². The van der Waals surface area contributed by atoms with Gasteiger partial charge in [0.25, 0.3) is 0 Å². The van der Waals surface area contributed by atoms with E-state index in [0.29, 0.717) is 11.3 Å². The largest absolute Gasteiger partial charge is 0.382 e. The lowest BCUT2D eigenvalue weighted by atomic mass is 9.99. The number of hydrogen-bond acceptors (Lipinski definition) is 2. The number of fused-ring (bicyclic) bond motifs is 1. The first kappa shape index (κ1) is 14.6. The summed E-state index contributed by atoms with van der Waals surface area (Å²) in [6.07, 6.45) is -6.56. The second-order valence-corrected chi connectivity index (χ2v) is 4.58. The molecule has 0 bridgehead atoms. The van der Waals surface area contributed by atoms with Crippen LogP contribution in [0.15, 0.2) is 18.2 Å². The zero-order valence-corrected chi connectivity index (χ0v) is 10.4. The van der Waals surface area contributed by atoms with Gasteiger partial charge in [0, 0.05) is 19.3 Å². The van der Waals surface area contributed by atoms with E-state index in [1.807, 2.05) is 0 Å². The summed E-state index contributed by atoms with van der Waals surface area (Å²) in [5.41, 5.74) is 0.553. The Hall–Kier alpha value is -1.83. The van der Waals surface area contributed by atoms with Gasteiger partial charge in [0.15, 0.2) is 0 Å². The van der Waals surface area contributed by atoms with Crippen molar-refractivity contribution in [3.8, 4) is 0 Å². The number of halogens is 4. The second kappa shape index (κ2) is 4.93. The van der Waals surface area contributed by atoms with Gasteiger partial charge in [-0.25, -0.2) is 13.6 Å². The number of hydrogen-bond donors (Lipinski definition) is 2. The molecular formula is C12H12F4N2O2. The van der Waals surface area contributed by atoms with E-state index in [0.717, 1.165) is 6.07 Å². The fourth-order valence-electron chi connectivity index (χ4n) is 1.92. The highest BCUT2D eigenvalue weighted by molar-refractivity contribution is 5.92. The zero-order valence-electron chi connectivity index (χ0n) is 10.4. The molecule has 2 N–H and O–H groups in total. The fourth-order valence-corrected chi connectivity index (χ4v) is 1.92. The van der Waals surface area contributed by atoms with E-state index in [4.69, 9.17) is 0 Å². The van der Waals surface area contributed by atoms with E-state index >= 15 is 0 Å². The molecule has 0 saturated carbocycles. The molecule has 1 aromatic rings. The molecule has 4 nitrogen and oxygen atoms in total. The Bertz CT molecular complexity index is 536. The summed E-state index contributed by atoms with van der Waals surface area (Å²) in [5, 5.41) is 11.9. The maximum atomic E-state index is 13.1. The van der Waals surface area contributed by atoms with Crippen LogP contribution in [-0.2, 0) is 6.54 Å². The highest BCUT2D eigenvalue weighted by Crippen LogP contribution is 2.38. The van der Waals surface area contributed by atoms with Crippen LogP contribution in [0.5, 0.6) is 0 Å². The van der Waals surface area contributed by atoms with Crippen LogP contribution in [0.2, 0.25) is 0 Å². The lowest BCUT2D eigenvalue weighted by Crippen LogP contribution is -2.36. The van der Waals surface area contributed by atoms with Gasteiger partial charge in [-0.05, 0) is 23.3 Å². The molecule has 2 rings (SSSR count). The maximum absolute atomic E-state index is 13.1. The Kier molecular flexibility index (Phi) is 3.59. The summed E-state index contributed by atoms with van der Waals surface area (Å²) >= 11 is 0. The van der Waals surface area contributed by atoms with Crippen molar-refractivity contribution in [2.75, 3.05) is 12.4 Å². The van der Waals surface area contributed by atoms with Crippen LogP contribution < -0.4 is 5.32 Å². The van der Waals surface area contributed by atoms with Gasteiger partial charge in [-0.3, -0.25) is 0 Å². The van der Waals surface area contributed by atoms with Gasteiger partial charge in [-0.2, -0.15) is 8.78 Å². The van der Waals surface area contributed by atoms with E-state index in [9.17, 15) is 27.5 Å². The number of alkyl halides is 4. The molecule has 0 spiro atoms. The first-order valence-corrected chi connectivity index (χ1v) is 5.72. The van der Waals surface area contributed by atoms with Gasteiger partial charge < -0.3 is 15.3 Å². The molecule has 0 aromatic heterocycles. The first-order valence-electron chi connectivity index (χ1n) is 5.72. The van der Waals surface area contributed by atoms with Crippen LogP contribution in [0.3, 0.4) is 0 Å². The zero-order chi connectivity index (χ0) is 15.1. The Morgan fingerprint density at radius 1 is 1.40 bits per heavy atom.